The van der Waals surface area contributed by atoms with Crippen molar-refractivity contribution in [2.75, 3.05) is 24.8 Å². The minimum Gasteiger partial charge on any atom is -0.497 e. The molecule has 8 heteroatoms. The zero-order valence-corrected chi connectivity index (χ0v) is 22.3. The second kappa shape index (κ2) is 11.1. The summed E-state index contributed by atoms with van der Waals surface area (Å²) < 4.78 is 10.7. The maximum absolute atomic E-state index is 13.3. The van der Waals surface area contributed by atoms with E-state index >= 15 is 0 Å². The number of carbonyl (C=O) groups excluding carboxylic acids is 2. The Bertz CT molecular complexity index is 1290. The molecule has 0 unspecified atom stereocenters. The van der Waals surface area contributed by atoms with E-state index in [4.69, 9.17) is 9.47 Å². The molecule has 0 aromatic heterocycles. The maximum atomic E-state index is 13.3. The Balaban J connectivity index is 1.59. The normalized spacial score (nSPS) is 18.5. The molecule has 0 spiro atoms. The van der Waals surface area contributed by atoms with E-state index in [1.807, 2.05) is 31.2 Å². The highest BCUT2D eigenvalue weighted by atomic mass is 32.2. The molecule has 1 heterocycles. The zero-order chi connectivity index (χ0) is 26.6. The van der Waals surface area contributed by atoms with Crippen molar-refractivity contribution in [3.05, 3.63) is 76.0 Å². The predicted molar refractivity (Wildman–Crippen MR) is 145 cm³/mol. The van der Waals surface area contributed by atoms with E-state index in [0.29, 0.717) is 47.1 Å². The second-order valence-electron chi connectivity index (χ2n) is 9.81. The standard InChI is InChI=1S/C29H31N3O4S/c1-5-36-21-12-8-19(9-13-21)31-25(34)17-37-28-22(16-30)26(18-6-10-20(35-4)11-7-18)27-23(32-28)14-29(2,3)15-24(27)33/h6-13,26,32H,5,14-15,17H2,1-4H3,(H,31,34)/t26-/m1/s1. The number of thioether (sulfide) groups is 1. The topological polar surface area (TPSA) is 100 Å². The van der Waals surface area contributed by atoms with E-state index in [2.05, 4.69) is 30.6 Å². The Hall–Kier alpha value is -3.70. The summed E-state index contributed by atoms with van der Waals surface area (Å²) in [5, 5.41) is 17.1. The number of anilines is 1. The van der Waals surface area contributed by atoms with Gasteiger partial charge in [0.15, 0.2) is 5.78 Å². The van der Waals surface area contributed by atoms with Crippen molar-refractivity contribution < 1.29 is 19.1 Å². The lowest BCUT2D eigenvalue weighted by molar-refractivity contribution is -0.118. The van der Waals surface area contributed by atoms with E-state index in [1.54, 1.807) is 31.4 Å². The molecule has 0 radical (unpaired) electrons. The zero-order valence-electron chi connectivity index (χ0n) is 21.5. The van der Waals surface area contributed by atoms with E-state index in [1.165, 1.54) is 11.8 Å². The van der Waals surface area contributed by atoms with Crippen molar-refractivity contribution >= 4 is 29.1 Å². The molecule has 1 aliphatic heterocycles. The van der Waals surface area contributed by atoms with Gasteiger partial charge in [0, 0.05) is 23.4 Å². The average Bonchev–Trinajstić information content (AvgIpc) is 2.87. The smallest absolute Gasteiger partial charge is 0.234 e. The van der Waals surface area contributed by atoms with Gasteiger partial charge in [-0.3, -0.25) is 9.59 Å². The summed E-state index contributed by atoms with van der Waals surface area (Å²) >= 11 is 1.27. The van der Waals surface area contributed by atoms with E-state index in [-0.39, 0.29) is 22.9 Å². The first-order chi connectivity index (χ1) is 17.7. The summed E-state index contributed by atoms with van der Waals surface area (Å²) in [5.74, 6) is 0.907. The lowest BCUT2D eigenvalue weighted by Gasteiger charge is -2.39. The molecule has 0 fully saturated rings. The maximum Gasteiger partial charge on any atom is 0.234 e. The fourth-order valence-electron chi connectivity index (χ4n) is 4.76. The van der Waals surface area contributed by atoms with E-state index in [0.717, 1.165) is 17.0 Å². The van der Waals surface area contributed by atoms with Gasteiger partial charge >= 0.3 is 0 Å². The van der Waals surface area contributed by atoms with Crippen LogP contribution in [-0.4, -0.2) is 31.2 Å². The number of ketones is 1. The fourth-order valence-corrected chi connectivity index (χ4v) is 5.62. The van der Waals surface area contributed by atoms with Crippen LogP contribution < -0.4 is 20.1 Å². The minimum absolute atomic E-state index is 0.0459. The molecule has 1 atom stereocenters. The molecule has 1 aliphatic carbocycles. The molecule has 7 nitrogen and oxygen atoms in total. The molecule has 1 amide bonds. The SMILES string of the molecule is CCOc1ccc(NC(=O)CSC2=C(C#N)[C@@H](c3ccc(OC)cc3)C3=C(CC(C)(C)CC3=O)N2)cc1. The number of ether oxygens (including phenoxy) is 2. The third kappa shape index (κ3) is 6.00. The predicted octanol–water partition coefficient (Wildman–Crippen LogP) is 5.53. The fraction of sp³-hybridized carbons (Fsp3) is 0.345. The first-order valence-corrected chi connectivity index (χ1v) is 13.2. The highest BCUT2D eigenvalue weighted by Crippen LogP contribution is 2.48. The monoisotopic (exact) mass is 517 g/mol. The van der Waals surface area contributed by atoms with Crippen LogP contribution in [-0.2, 0) is 9.59 Å². The number of allylic oxidation sites excluding steroid dienone is 3. The number of hydrogen-bond donors (Lipinski definition) is 2. The number of nitrogens with zero attached hydrogens (tertiary/aromatic N) is 1. The highest BCUT2D eigenvalue weighted by Gasteiger charge is 2.42. The number of nitrogens with one attached hydrogen (secondary N) is 2. The second-order valence-corrected chi connectivity index (χ2v) is 10.8. The summed E-state index contributed by atoms with van der Waals surface area (Å²) in [6.07, 6.45) is 1.10. The molecule has 2 aromatic rings. The van der Waals surface area contributed by atoms with Crippen LogP contribution in [0.4, 0.5) is 5.69 Å². The largest absolute Gasteiger partial charge is 0.497 e. The summed E-state index contributed by atoms with van der Waals surface area (Å²) in [6, 6.07) is 17.0. The van der Waals surface area contributed by atoms with Crippen LogP contribution in [0.15, 0.2) is 70.4 Å². The molecule has 0 saturated heterocycles. The lowest BCUT2D eigenvalue weighted by atomic mass is 9.69. The van der Waals surface area contributed by atoms with Crippen molar-refractivity contribution in [3.63, 3.8) is 0 Å². The highest BCUT2D eigenvalue weighted by molar-refractivity contribution is 8.03. The van der Waals surface area contributed by atoms with Gasteiger partial charge in [-0.25, -0.2) is 0 Å². The lowest BCUT2D eigenvalue weighted by Crippen LogP contribution is -2.37. The van der Waals surface area contributed by atoms with E-state index in [9.17, 15) is 14.9 Å². The van der Waals surface area contributed by atoms with Gasteiger partial charge in [-0.05, 0) is 60.7 Å². The molecular formula is C29H31N3O4S. The van der Waals surface area contributed by atoms with Crippen LogP contribution in [0.1, 0.15) is 45.1 Å². The van der Waals surface area contributed by atoms with Crippen LogP contribution in [0.3, 0.4) is 0 Å². The Labute approximate surface area is 221 Å². The molecule has 2 aliphatic rings. The molecule has 2 aromatic carbocycles. The molecule has 2 N–H and O–H groups in total. The van der Waals surface area contributed by atoms with Gasteiger partial charge in [-0.15, -0.1) is 0 Å². The van der Waals surface area contributed by atoms with Crippen molar-refractivity contribution in [2.45, 2.75) is 39.5 Å². The summed E-state index contributed by atoms with van der Waals surface area (Å²) in [4.78, 5) is 26.1. The van der Waals surface area contributed by atoms with Gasteiger partial charge in [-0.2, -0.15) is 5.26 Å². The third-order valence-corrected chi connectivity index (χ3v) is 7.39. The van der Waals surface area contributed by atoms with Crippen molar-refractivity contribution in [1.82, 2.24) is 5.32 Å². The quantitative estimate of drug-likeness (QED) is 0.475. The Morgan fingerprint density at radius 1 is 1.14 bits per heavy atom. The first-order valence-electron chi connectivity index (χ1n) is 12.2. The molecule has 4 rings (SSSR count). The van der Waals surface area contributed by atoms with Crippen LogP contribution in [0.2, 0.25) is 0 Å². The number of benzene rings is 2. The molecular weight excluding hydrogens is 486 g/mol. The van der Waals surface area contributed by atoms with Crippen LogP contribution in [0.25, 0.3) is 0 Å². The minimum atomic E-state index is -0.493. The number of carbonyl (C=O) groups is 2. The van der Waals surface area contributed by atoms with Crippen LogP contribution >= 0.6 is 11.8 Å². The Kier molecular flexibility index (Phi) is 7.94. The van der Waals surface area contributed by atoms with Crippen LogP contribution in [0, 0.1) is 16.7 Å². The van der Waals surface area contributed by atoms with Gasteiger partial charge in [0.05, 0.1) is 42.1 Å². The summed E-state index contributed by atoms with van der Waals surface area (Å²) in [7, 11) is 1.60. The summed E-state index contributed by atoms with van der Waals surface area (Å²) in [6.45, 7) is 6.63. The van der Waals surface area contributed by atoms with Gasteiger partial charge < -0.3 is 20.1 Å². The Morgan fingerprint density at radius 2 is 1.81 bits per heavy atom. The number of hydrogen-bond acceptors (Lipinski definition) is 7. The molecule has 0 saturated carbocycles. The van der Waals surface area contributed by atoms with Gasteiger partial charge in [0.2, 0.25) is 5.91 Å². The number of rotatable bonds is 8. The van der Waals surface area contributed by atoms with Crippen molar-refractivity contribution in [1.29, 1.82) is 5.26 Å². The summed E-state index contributed by atoms with van der Waals surface area (Å²) in [5.41, 5.74) is 3.23. The molecule has 0 bridgehead atoms. The van der Waals surface area contributed by atoms with Crippen molar-refractivity contribution in [3.8, 4) is 17.6 Å². The number of amides is 1. The van der Waals surface area contributed by atoms with E-state index < -0.39 is 5.92 Å². The molecule has 37 heavy (non-hydrogen) atoms. The number of Topliss-reactive ketones (excluding diaryl/α,β-unsaturated/α-hetero) is 1. The van der Waals surface area contributed by atoms with Gasteiger partial charge in [0.25, 0.3) is 0 Å². The number of methoxy groups -OCH3 is 1. The number of nitriles is 1. The van der Waals surface area contributed by atoms with Gasteiger partial charge in [0.1, 0.15) is 11.5 Å². The third-order valence-electron chi connectivity index (χ3n) is 6.37. The van der Waals surface area contributed by atoms with Crippen molar-refractivity contribution in [2.24, 2.45) is 5.41 Å². The van der Waals surface area contributed by atoms with Crippen LogP contribution in [0.5, 0.6) is 11.5 Å². The first kappa shape index (κ1) is 26.4. The molecule has 192 valence electrons. The van der Waals surface area contributed by atoms with Gasteiger partial charge in [-0.1, -0.05) is 37.7 Å². The average molecular weight is 518 g/mol. The Morgan fingerprint density at radius 3 is 2.43 bits per heavy atom. The number of dihydropyridines is 1.